The average molecular weight is 253 g/mol. The molecular weight excluding hydrogens is 240 g/mol. The van der Waals surface area contributed by atoms with E-state index in [1.165, 1.54) is 5.56 Å². The van der Waals surface area contributed by atoms with Crippen LogP contribution >= 0.6 is 22.9 Å². The number of nitrogens with one attached hydrogen (secondary N) is 1. The van der Waals surface area contributed by atoms with E-state index in [2.05, 4.69) is 23.3 Å². The lowest BCUT2D eigenvalue weighted by Crippen LogP contribution is -2.17. The summed E-state index contributed by atoms with van der Waals surface area (Å²) in [5.41, 5.74) is 1.20. The van der Waals surface area contributed by atoms with Crippen LogP contribution in [0.4, 0.5) is 0 Å². The lowest BCUT2D eigenvalue weighted by atomic mass is 10.1. The van der Waals surface area contributed by atoms with Gasteiger partial charge >= 0.3 is 0 Å². The van der Waals surface area contributed by atoms with Crippen molar-refractivity contribution < 1.29 is 0 Å². The van der Waals surface area contributed by atoms with Crippen LogP contribution in [0, 0.1) is 0 Å². The fraction of sp³-hybridized carbons (Fsp3) is 0.250. The molecule has 0 saturated heterocycles. The molecule has 1 N–H and O–H groups in total. The lowest BCUT2D eigenvalue weighted by Gasteiger charge is -2.13. The van der Waals surface area contributed by atoms with Gasteiger partial charge < -0.3 is 5.32 Å². The van der Waals surface area contributed by atoms with Gasteiger partial charge in [-0.25, -0.2) is 4.98 Å². The van der Waals surface area contributed by atoms with Crippen molar-refractivity contribution in [1.82, 2.24) is 10.3 Å². The minimum atomic E-state index is 0.280. The van der Waals surface area contributed by atoms with Gasteiger partial charge in [0.05, 0.1) is 0 Å². The molecule has 0 amide bonds. The molecule has 0 radical (unpaired) electrons. The predicted octanol–water partition coefficient (Wildman–Crippen LogP) is 3.65. The summed E-state index contributed by atoms with van der Waals surface area (Å²) in [6, 6.07) is 8.20. The summed E-state index contributed by atoms with van der Waals surface area (Å²) in [6.45, 7) is 2.92. The number of aromatic nitrogens is 1. The molecule has 0 saturated carbocycles. The molecule has 0 spiro atoms. The van der Waals surface area contributed by atoms with Crippen molar-refractivity contribution in [1.29, 1.82) is 0 Å². The second-order valence-electron chi connectivity index (χ2n) is 3.58. The predicted molar refractivity (Wildman–Crippen MR) is 68.8 cm³/mol. The van der Waals surface area contributed by atoms with Crippen LogP contribution in [0.1, 0.15) is 23.5 Å². The molecule has 2 nitrogen and oxygen atoms in total. The highest BCUT2D eigenvalue weighted by Crippen LogP contribution is 2.17. The summed E-state index contributed by atoms with van der Waals surface area (Å²) in [4.78, 5) is 4.23. The Morgan fingerprint density at radius 3 is 3.06 bits per heavy atom. The Bertz CT molecular complexity index is 442. The van der Waals surface area contributed by atoms with Gasteiger partial charge in [-0.05, 0) is 24.6 Å². The first kappa shape index (κ1) is 11.6. The third-order valence-electron chi connectivity index (χ3n) is 2.39. The molecule has 2 rings (SSSR count). The van der Waals surface area contributed by atoms with Crippen LogP contribution in [0.25, 0.3) is 0 Å². The standard InChI is InChI=1S/C12H13ClN2S/c1-9(10-3-2-4-11(13)7-10)15-8-12-14-5-6-16-12/h2-7,9,15H,8H2,1H3. The van der Waals surface area contributed by atoms with Gasteiger partial charge in [-0.15, -0.1) is 11.3 Å². The van der Waals surface area contributed by atoms with Crippen LogP contribution in [-0.2, 0) is 6.54 Å². The zero-order chi connectivity index (χ0) is 11.4. The van der Waals surface area contributed by atoms with E-state index in [9.17, 15) is 0 Å². The number of benzene rings is 1. The molecule has 16 heavy (non-hydrogen) atoms. The van der Waals surface area contributed by atoms with E-state index in [4.69, 9.17) is 11.6 Å². The minimum absolute atomic E-state index is 0.280. The van der Waals surface area contributed by atoms with Gasteiger partial charge in [0.15, 0.2) is 0 Å². The zero-order valence-corrected chi connectivity index (χ0v) is 10.6. The van der Waals surface area contributed by atoms with Crippen LogP contribution in [-0.4, -0.2) is 4.98 Å². The largest absolute Gasteiger partial charge is 0.304 e. The topological polar surface area (TPSA) is 24.9 Å². The van der Waals surface area contributed by atoms with Gasteiger partial charge in [0.1, 0.15) is 5.01 Å². The van der Waals surface area contributed by atoms with E-state index in [-0.39, 0.29) is 6.04 Å². The van der Waals surface area contributed by atoms with Gasteiger partial charge in [-0.3, -0.25) is 0 Å². The quantitative estimate of drug-likeness (QED) is 0.899. The lowest BCUT2D eigenvalue weighted by molar-refractivity contribution is 0.573. The number of halogens is 1. The minimum Gasteiger partial charge on any atom is -0.304 e. The second kappa shape index (κ2) is 5.43. The Labute approximate surface area is 104 Å². The van der Waals surface area contributed by atoms with Crippen LogP contribution in [0.2, 0.25) is 5.02 Å². The number of hydrogen-bond donors (Lipinski definition) is 1. The summed E-state index contributed by atoms with van der Waals surface area (Å²) in [5, 5.41) is 7.29. The van der Waals surface area contributed by atoms with Crippen LogP contribution < -0.4 is 5.32 Å². The van der Waals surface area contributed by atoms with Crippen molar-refractivity contribution in [3.8, 4) is 0 Å². The Morgan fingerprint density at radius 1 is 1.50 bits per heavy atom. The first-order valence-electron chi connectivity index (χ1n) is 5.13. The molecule has 1 heterocycles. The van der Waals surface area contributed by atoms with Crippen molar-refractivity contribution in [3.63, 3.8) is 0 Å². The van der Waals surface area contributed by atoms with Crippen LogP contribution in [0.5, 0.6) is 0 Å². The highest BCUT2D eigenvalue weighted by molar-refractivity contribution is 7.09. The fourth-order valence-electron chi connectivity index (χ4n) is 1.47. The third kappa shape index (κ3) is 3.04. The fourth-order valence-corrected chi connectivity index (χ4v) is 2.24. The molecule has 4 heteroatoms. The summed E-state index contributed by atoms with van der Waals surface area (Å²) in [5.74, 6) is 0. The zero-order valence-electron chi connectivity index (χ0n) is 8.98. The Balaban J connectivity index is 1.95. The molecule has 1 aromatic heterocycles. The SMILES string of the molecule is CC(NCc1nccs1)c1cccc(Cl)c1. The van der Waals surface area contributed by atoms with Crippen LogP contribution in [0.15, 0.2) is 35.8 Å². The van der Waals surface area contributed by atoms with Crippen molar-refractivity contribution in [3.05, 3.63) is 51.4 Å². The average Bonchev–Trinajstić information content (AvgIpc) is 2.78. The molecule has 0 aliphatic carbocycles. The summed E-state index contributed by atoms with van der Waals surface area (Å²) in [6.07, 6.45) is 1.83. The van der Waals surface area contributed by atoms with Gasteiger partial charge in [0.25, 0.3) is 0 Å². The summed E-state index contributed by atoms with van der Waals surface area (Å²) in [7, 11) is 0. The highest BCUT2D eigenvalue weighted by Gasteiger charge is 2.05. The monoisotopic (exact) mass is 252 g/mol. The number of rotatable bonds is 4. The second-order valence-corrected chi connectivity index (χ2v) is 5.00. The first-order valence-corrected chi connectivity index (χ1v) is 6.38. The Morgan fingerprint density at radius 2 is 2.38 bits per heavy atom. The van der Waals surface area contributed by atoms with Crippen molar-refractivity contribution in [2.45, 2.75) is 19.5 Å². The molecule has 0 aliphatic heterocycles. The summed E-state index contributed by atoms with van der Waals surface area (Å²) >= 11 is 7.61. The van der Waals surface area contributed by atoms with E-state index in [1.54, 1.807) is 11.3 Å². The first-order chi connectivity index (χ1) is 7.75. The van der Waals surface area contributed by atoms with Gasteiger partial charge in [0, 0.05) is 29.2 Å². The van der Waals surface area contributed by atoms with E-state index in [0.717, 1.165) is 16.6 Å². The van der Waals surface area contributed by atoms with E-state index >= 15 is 0 Å². The number of nitrogens with zero attached hydrogens (tertiary/aromatic N) is 1. The van der Waals surface area contributed by atoms with E-state index in [0.29, 0.717) is 0 Å². The molecule has 84 valence electrons. The molecule has 1 atom stereocenters. The maximum absolute atomic E-state index is 5.95. The molecule has 0 fully saturated rings. The van der Waals surface area contributed by atoms with Crippen molar-refractivity contribution in [2.24, 2.45) is 0 Å². The normalized spacial score (nSPS) is 12.6. The maximum atomic E-state index is 5.95. The Kier molecular flexibility index (Phi) is 3.93. The molecule has 2 aromatic rings. The Hall–Kier alpha value is -0.900. The summed E-state index contributed by atoms with van der Waals surface area (Å²) < 4.78 is 0. The highest BCUT2D eigenvalue weighted by atomic mass is 35.5. The molecule has 1 aromatic carbocycles. The van der Waals surface area contributed by atoms with Crippen molar-refractivity contribution in [2.75, 3.05) is 0 Å². The van der Waals surface area contributed by atoms with Gasteiger partial charge in [0.2, 0.25) is 0 Å². The van der Waals surface area contributed by atoms with Crippen LogP contribution in [0.3, 0.4) is 0 Å². The van der Waals surface area contributed by atoms with Gasteiger partial charge in [-0.1, -0.05) is 23.7 Å². The van der Waals surface area contributed by atoms with Crippen molar-refractivity contribution >= 4 is 22.9 Å². The molecule has 1 unspecified atom stereocenters. The van der Waals surface area contributed by atoms with E-state index in [1.807, 2.05) is 29.8 Å². The molecule has 0 aliphatic rings. The number of thiazole rings is 1. The molecule has 0 bridgehead atoms. The van der Waals surface area contributed by atoms with Gasteiger partial charge in [-0.2, -0.15) is 0 Å². The third-order valence-corrected chi connectivity index (χ3v) is 3.41. The van der Waals surface area contributed by atoms with E-state index < -0.39 is 0 Å². The maximum Gasteiger partial charge on any atom is 0.106 e. The molecular formula is C12H13ClN2S. The smallest absolute Gasteiger partial charge is 0.106 e. The number of hydrogen-bond acceptors (Lipinski definition) is 3.